The van der Waals surface area contributed by atoms with Crippen LogP contribution in [0.15, 0.2) is 28.7 Å². The van der Waals surface area contributed by atoms with E-state index >= 15 is 0 Å². The summed E-state index contributed by atoms with van der Waals surface area (Å²) < 4.78 is 1.03. The highest BCUT2D eigenvalue weighted by molar-refractivity contribution is 9.10. The van der Waals surface area contributed by atoms with E-state index in [9.17, 15) is 4.79 Å². The SMILES string of the molecule is C[C@@H]1CC[C@@H](C(=O)O)N[C@@H]1c1cccc(Br)c1. The number of hydrogen-bond acceptors (Lipinski definition) is 2. The zero-order valence-corrected chi connectivity index (χ0v) is 11.3. The molecule has 0 unspecified atom stereocenters. The van der Waals surface area contributed by atoms with E-state index in [0.29, 0.717) is 12.3 Å². The molecule has 0 aromatic heterocycles. The van der Waals surface area contributed by atoms with Crippen molar-refractivity contribution in [2.24, 2.45) is 5.92 Å². The van der Waals surface area contributed by atoms with Gasteiger partial charge in [-0.15, -0.1) is 0 Å². The zero-order chi connectivity index (χ0) is 12.4. The monoisotopic (exact) mass is 297 g/mol. The first-order chi connectivity index (χ1) is 8.08. The molecule has 3 nitrogen and oxygen atoms in total. The predicted octanol–water partition coefficient (Wildman–Crippen LogP) is 2.96. The van der Waals surface area contributed by atoms with Crippen LogP contribution in [0.1, 0.15) is 31.4 Å². The molecule has 1 fully saturated rings. The number of piperidine rings is 1. The lowest BCUT2D eigenvalue weighted by molar-refractivity contribution is -0.140. The molecule has 92 valence electrons. The standard InChI is InChI=1S/C13H16BrNO2/c1-8-5-6-11(13(16)17)15-12(8)9-3-2-4-10(14)7-9/h2-4,7-8,11-12,15H,5-6H2,1H3,(H,16,17)/t8-,11+,12+/m1/s1. The van der Waals surface area contributed by atoms with Crippen LogP contribution < -0.4 is 5.32 Å². The van der Waals surface area contributed by atoms with E-state index in [1.54, 1.807) is 0 Å². The van der Waals surface area contributed by atoms with Gasteiger partial charge in [-0.3, -0.25) is 10.1 Å². The van der Waals surface area contributed by atoms with Gasteiger partial charge in [-0.2, -0.15) is 0 Å². The minimum atomic E-state index is -0.753. The number of carboxylic acids is 1. The maximum atomic E-state index is 11.0. The van der Waals surface area contributed by atoms with Crippen LogP contribution >= 0.6 is 15.9 Å². The van der Waals surface area contributed by atoms with Crippen molar-refractivity contribution in [3.8, 4) is 0 Å². The van der Waals surface area contributed by atoms with E-state index < -0.39 is 12.0 Å². The molecule has 0 radical (unpaired) electrons. The third-order valence-electron chi connectivity index (χ3n) is 3.37. The average molecular weight is 298 g/mol. The Labute approximate surface area is 109 Å². The molecular formula is C13H16BrNO2. The molecular weight excluding hydrogens is 282 g/mol. The Morgan fingerprint density at radius 2 is 2.24 bits per heavy atom. The summed E-state index contributed by atoms with van der Waals surface area (Å²) in [6.07, 6.45) is 1.65. The maximum absolute atomic E-state index is 11.0. The maximum Gasteiger partial charge on any atom is 0.320 e. The molecule has 0 amide bonds. The molecule has 2 N–H and O–H groups in total. The summed E-state index contributed by atoms with van der Waals surface area (Å²) in [4.78, 5) is 11.0. The van der Waals surface area contributed by atoms with Gasteiger partial charge in [0.25, 0.3) is 0 Å². The van der Waals surface area contributed by atoms with Gasteiger partial charge in [-0.25, -0.2) is 0 Å². The zero-order valence-electron chi connectivity index (χ0n) is 9.69. The van der Waals surface area contributed by atoms with Gasteiger partial charge in [0.1, 0.15) is 6.04 Å². The quantitative estimate of drug-likeness (QED) is 0.882. The summed E-state index contributed by atoms with van der Waals surface area (Å²) >= 11 is 3.45. The lowest BCUT2D eigenvalue weighted by Gasteiger charge is -2.34. The molecule has 0 saturated carbocycles. The van der Waals surface area contributed by atoms with Gasteiger partial charge >= 0.3 is 5.97 Å². The second-order valence-corrected chi connectivity index (χ2v) is 5.56. The number of aliphatic carboxylic acids is 1. The topological polar surface area (TPSA) is 49.3 Å². The first kappa shape index (κ1) is 12.6. The first-order valence-electron chi connectivity index (χ1n) is 5.82. The van der Waals surface area contributed by atoms with E-state index in [2.05, 4.69) is 34.2 Å². The van der Waals surface area contributed by atoms with Crippen LogP contribution in [0.2, 0.25) is 0 Å². The van der Waals surface area contributed by atoms with Crippen LogP contribution in [0.5, 0.6) is 0 Å². The summed E-state index contributed by atoms with van der Waals surface area (Å²) in [6, 6.07) is 7.77. The number of rotatable bonds is 2. The van der Waals surface area contributed by atoms with Crippen molar-refractivity contribution in [1.29, 1.82) is 0 Å². The summed E-state index contributed by atoms with van der Waals surface area (Å²) in [5.74, 6) is -0.295. The molecule has 0 aliphatic carbocycles. The molecule has 2 rings (SSSR count). The molecule has 1 heterocycles. The Bertz CT molecular complexity index is 422. The third kappa shape index (κ3) is 2.87. The average Bonchev–Trinajstić information content (AvgIpc) is 2.29. The predicted molar refractivity (Wildman–Crippen MR) is 69.8 cm³/mol. The van der Waals surface area contributed by atoms with Gasteiger partial charge < -0.3 is 5.11 Å². The highest BCUT2D eigenvalue weighted by Crippen LogP contribution is 2.32. The van der Waals surface area contributed by atoms with Crippen molar-refractivity contribution < 1.29 is 9.90 Å². The van der Waals surface area contributed by atoms with E-state index in [-0.39, 0.29) is 6.04 Å². The molecule has 17 heavy (non-hydrogen) atoms. The summed E-state index contributed by atoms with van der Waals surface area (Å²) in [5.41, 5.74) is 1.15. The lowest BCUT2D eigenvalue weighted by atomic mass is 9.85. The molecule has 0 spiro atoms. The van der Waals surface area contributed by atoms with Crippen LogP contribution in [0.3, 0.4) is 0 Å². The van der Waals surface area contributed by atoms with Crippen molar-refractivity contribution in [1.82, 2.24) is 5.32 Å². The Morgan fingerprint density at radius 1 is 1.47 bits per heavy atom. The van der Waals surface area contributed by atoms with Crippen LogP contribution in [0, 0.1) is 5.92 Å². The fourth-order valence-electron chi connectivity index (χ4n) is 2.38. The number of benzene rings is 1. The van der Waals surface area contributed by atoms with Crippen LogP contribution in [-0.4, -0.2) is 17.1 Å². The second kappa shape index (κ2) is 5.19. The Balaban J connectivity index is 2.20. The molecule has 3 atom stereocenters. The second-order valence-electron chi connectivity index (χ2n) is 4.64. The first-order valence-corrected chi connectivity index (χ1v) is 6.61. The van der Waals surface area contributed by atoms with Crippen LogP contribution in [0.25, 0.3) is 0 Å². The molecule has 1 aromatic rings. The van der Waals surface area contributed by atoms with Gasteiger partial charge in [0, 0.05) is 10.5 Å². The number of carbonyl (C=O) groups is 1. The fraction of sp³-hybridized carbons (Fsp3) is 0.462. The number of nitrogens with one attached hydrogen (secondary N) is 1. The van der Waals surface area contributed by atoms with Gasteiger partial charge in [0.2, 0.25) is 0 Å². The van der Waals surface area contributed by atoms with Gasteiger partial charge in [-0.1, -0.05) is 35.0 Å². The van der Waals surface area contributed by atoms with Crippen molar-refractivity contribution in [2.45, 2.75) is 31.8 Å². The van der Waals surface area contributed by atoms with E-state index in [4.69, 9.17) is 5.11 Å². The summed E-state index contributed by atoms with van der Waals surface area (Å²) in [6.45, 7) is 2.16. The van der Waals surface area contributed by atoms with Crippen molar-refractivity contribution in [3.63, 3.8) is 0 Å². The number of carboxylic acid groups (broad SMARTS) is 1. The molecule has 1 aliphatic heterocycles. The Morgan fingerprint density at radius 3 is 2.88 bits per heavy atom. The molecule has 1 saturated heterocycles. The minimum absolute atomic E-state index is 0.127. The van der Waals surface area contributed by atoms with Gasteiger partial charge in [0.05, 0.1) is 0 Å². The van der Waals surface area contributed by atoms with Crippen LogP contribution in [-0.2, 0) is 4.79 Å². The molecule has 1 aromatic carbocycles. The highest BCUT2D eigenvalue weighted by Gasteiger charge is 2.31. The molecule has 1 aliphatic rings. The highest BCUT2D eigenvalue weighted by atomic mass is 79.9. The lowest BCUT2D eigenvalue weighted by Crippen LogP contribution is -2.45. The van der Waals surface area contributed by atoms with Crippen molar-refractivity contribution in [3.05, 3.63) is 34.3 Å². The van der Waals surface area contributed by atoms with Crippen LogP contribution in [0.4, 0.5) is 0 Å². The van der Waals surface area contributed by atoms with Crippen molar-refractivity contribution >= 4 is 21.9 Å². The van der Waals surface area contributed by atoms with Gasteiger partial charge in [-0.05, 0) is 36.5 Å². The summed E-state index contributed by atoms with van der Waals surface area (Å²) in [7, 11) is 0. The van der Waals surface area contributed by atoms with E-state index in [1.807, 2.05) is 18.2 Å². The van der Waals surface area contributed by atoms with Gasteiger partial charge in [0.15, 0.2) is 0 Å². The molecule has 4 heteroatoms. The number of halogens is 1. The Hall–Kier alpha value is -0.870. The van der Waals surface area contributed by atoms with E-state index in [1.165, 1.54) is 0 Å². The molecule has 0 bridgehead atoms. The largest absolute Gasteiger partial charge is 0.480 e. The number of hydrogen-bond donors (Lipinski definition) is 2. The minimum Gasteiger partial charge on any atom is -0.480 e. The third-order valence-corrected chi connectivity index (χ3v) is 3.86. The summed E-state index contributed by atoms with van der Waals surface area (Å²) in [5, 5.41) is 12.3. The van der Waals surface area contributed by atoms with Crippen molar-refractivity contribution in [2.75, 3.05) is 0 Å². The Kier molecular flexibility index (Phi) is 3.84. The normalized spacial score (nSPS) is 28.9. The van der Waals surface area contributed by atoms with E-state index in [0.717, 1.165) is 16.5 Å². The fourth-order valence-corrected chi connectivity index (χ4v) is 2.80. The smallest absolute Gasteiger partial charge is 0.320 e.